The van der Waals surface area contributed by atoms with Crippen LogP contribution in [0.5, 0.6) is 5.75 Å². The van der Waals surface area contributed by atoms with Gasteiger partial charge in [-0.3, -0.25) is 10.1 Å². The molecule has 1 aromatic carbocycles. The van der Waals surface area contributed by atoms with Crippen molar-refractivity contribution in [1.82, 2.24) is 10.2 Å². The molecule has 6 heteroatoms. The van der Waals surface area contributed by atoms with Gasteiger partial charge in [-0.05, 0) is 38.5 Å². The highest BCUT2D eigenvalue weighted by Crippen LogP contribution is 2.19. The van der Waals surface area contributed by atoms with Crippen LogP contribution >= 0.6 is 0 Å². The second kappa shape index (κ2) is 7.93. The van der Waals surface area contributed by atoms with E-state index >= 15 is 0 Å². The molecule has 2 atom stereocenters. The number of alkyl halides is 2. The number of nitrogens with one attached hydrogen (secondary N) is 1. The molecule has 0 spiro atoms. The van der Waals surface area contributed by atoms with Crippen molar-refractivity contribution in [2.75, 3.05) is 13.6 Å². The molecular formula is C15H22F2N2O2. The summed E-state index contributed by atoms with van der Waals surface area (Å²) in [4.78, 5) is 13.6. The van der Waals surface area contributed by atoms with Crippen molar-refractivity contribution >= 4 is 5.91 Å². The van der Waals surface area contributed by atoms with Gasteiger partial charge in [-0.2, -0.15) is 8.78 Å². The summed E-state index contributed by atoms with van der Waals surface area (Å²) < 4.78 is 28.4. The molecule has 0 aliphatic heterocycles. The zero-order chi connectivity index (χ0) is 16.0. The lowest BCUT2D eigenvalue weighted by molar-refractivity contribution is -0.131. The van der Waals surface area contributed by atoms with Crippen LogP contribution in [-0.2, 0) is 4.79 Å². The van der Waals surface area contributed by atoms with Gasteiger partial charge < -0.3 is 9.64 Å². The molecule has 2 unspecified atom stereocenters. The van der Waals surface area contributed by atoms with E-state index in [0.29, 0.717) is 6.54 Å². The minimum Gasteiger partial charge on any atom is -0.435 e. The van der Waals surface area contributed by atoms with Crippen molar-refractivity contribution in [3.8, 4) is 5.75 Å². The Hall–Kier alpha value is -1.69. The number of likely N-dealkylation sites (N-methyl/N-ethyl adjacent to an activating group) is 1. The Bertz CT molecular complexity index is 451. The number of carbonyl (C=O) groups excluding carboxylic acids is 1. The van der Waals surface area contributed by atoms with E-state index in [9.17, 15) is 13.6 Å². The SMILES string of the molecule is CCN(C)C(=O)C(C)NC(C)c1ccc(OC(F)F)cc1. The molecule has 0 saturated carbocycles. The molecule has 0 bridgehead atoms. The van der Waals surface area contributed by atoms with Crippen LogP contribution in [0, 0.1) is 0 Å². The van der Waals surface area contributed by atoms with E-state index in [1.54, 1.807) is 31.0 Å². The topological polar surface area (TPSA) is 41.6 Å². The van der Waals surface area contributed by atoms with Crippen LogP contribution in [0.3, 0.4) is 0 Å². The normalized spacial score (nSPS) is 13.9. The minimum atomic E-state index is -2.83. The molecule has 4 nitrogen and oxygen atoms in total. The van der Waals surface area contributed by atoms with Crippen LogP contribution in [0.15, 0.2) is 24.3 Å². The fourth-order valence-electron chi connectivity index (χ4n) is 1.97. The molecule has 0 heterocycles. The number of carbonyl (C=O) groups is 1. The van der Waals surface area contributed by atoms with Crippen LogP contribution in [0.4, 0.5) is 8.78 Å². The Labute approximate surface area is 124 Å². The number of nitrogens with zero attached hydrogens (tertiary/aromatic N) is 1. The summed E-state index contributed by atoms with van der Waals surface area (Å²) in [6.45, 7) is 3.46. The quantitative estimate of drug-likeness (QED) is 0.842. The van der Waals surface area contributed by atoms with E-state index in [4.69, 9.17) is 0 Å². The third-order valence-electron chi connectivity index (χ3n) is 3.33. The number of ether oxygens (including phenoxy) is 1. The third-order valence-corrected chi connectivity index (χ3v) is 3.33. The fourth-order valence-corrected chi connectivity index (χ4v) is 1.97. The maximum atomic E-state index is 12.1. The van der Waals surface area contributed by atoms with E-state index < -0.39 is 6.61 Å². The van der Waals surface area contributed by atoms with Gasteiger partial charge in [0.25, 0.3) is 0 Å². The second-order valence-electron chi connectivity index (χ2n) is 4.91. The number of hydrogen-bond donors (Lipinski definition) is 1. The molecule has 0 saturated heterocycles. The highest BCUT2D eigenvalue weighted by Gasteiger charge is 2.18. The van der Waals surface area contributed by atoms with Gasteiger partial charge in [0.15, 0.2) is 0 Å². The number of hydrogen-bond acceptors (Lipinski definition) is 3. The Kier molecular flexibility index (Phi) is 6.55. The highest BCUT2D eigenvalue weighted by atomic mass is 19.3. The van der Waals surface area contributed by atoms with Crippen molar-refractivity contribution in [3.05, 3.63) is 29.8 Å². The molecule has 1 rings (SSSR count). The predicted octanol–water partition coefficient (Wildman–Crippen LogP) is 2.81. The summed E-state index contributed by atoms with van der Waals surface area (Å²) in [6, 6.07) is 6.00. The first-order valence-electron chi connectivity index (χ1n) is 6.91. The number of benzene rings is 1. The zero-order valence-corrected chi connectivity index (χ0v) is 12.8. The van der Waals surface area contributed by atoms with E-state index in [1.807, 2.05) is 13.8 Å². The van der Waals surface area contributed by atoms with E-state index in [0.717, 1.165) is 5.56 Å². The Morgan fingerprint density at radius 1 is 1.29 bits per heavy atom. The number of amides is 1. The highest BCUT2D eigenvalue weighted by molar-refractivity contribution is 5.81. The molecule has 0 radical (unpaired) electrons. The first kappa shape index (κ1) is 17.4. The Balaban J connectivity index is 2.62. The van der Waals surface area contributed by atoms with Crippen molar-refractivity contribution in [1.29, 1.82) is 0 Å². The first-order valence-corrected chi connectivity index (χ1v) is 6.91. The van der Waals surface area contributed by atoms with Crippen LogP contribution in [0.1, 0.15) is 32.4 Å². The van der Waals surface area contributed by atoms with Gasteiger partial charge >= 0.3 is 6.61 Å². The molecule has 21 heavy (non-hydrogen) atoms. The molecule has 0 aliphatic rings. The average molecular weight is 300 g/mol. The summed E-state index contributed by atoms with van der Waals surface area (Å²) in [5.74, 6) is 0.137. The monoisotopic (exact) mass is 300 g/mol. The second-order valence-corrected chi connectivity index (χ2v) is 4.91. The van der Waals surface area contributed by atoms with E-state index in [-0.39, 0.29) is 23.7 Å². The van der Waals surface area contributed by atoms with Crippen molar-refractivity contribution < 1.29 is 18.3 Å². The van der Waals surface area contributed by atoms with E-state index in [1.165, 1.54) is 12.1 Å². The molecule has 118 valence electrons. The van der Waals surface area contributed by atoms with Crippen molar-refractivity contribution in [2.45, 2.75) is 39.5 Å². The van der Waals surface area contributed by atoms with Crippen molar-refractivity contribution in [2.24, 2.45) is 0 Å². The van der Waals surface area contributed by atoms with Crippen LogP contribution < -0.4 is 10.1 Å². The predicted molar refractivity (Wildman–Crippen MR) is 77.4 cm³/mol. The average Bonchev–Trinajstić information content (AvgIpc) is 2.45. The maximum Gasteiger partial charge on any atom is 0.387 e. The fraction of sp³-hybridized carbons (Fsp3) is 0.533. The standard InChI is InChI=1S/C15H22F2N2O2/c1-5-19(4)14(20)11(3)18-10(2)12-6-8-13(9-7-12)21-15(16)17/h6-11,15,18H,5H2,1-4H3. The lowest BCUT2D eigenvalue weighted by atomic mass is 10.1. The van der Waals surface area contributed by atoms with Gasteiger partial charge in [0.05, 0.1) is 6.04 Å². The van der Waals surface area contributed by atoms with Gasteiger partial charge in [-0.15, -0.1) is 0 Å². The third kappa shape index (κ3) is 5.30. The molecule has 1 aromatic rings. The van der Waals surface area contributed by atoms with Crippen LogP contribution in [0.2, 0.25) is 0 Å². The van der Waals surface area contributed by atoms with Crippen LogP contribution in [0.25, 0.3) is 0 Å². The molecule has 0 fully saturated rings. The summed E-state index contributed by atoms with van der Waals surface area (Å²) in [7, 11) is 1.75. The van der Waals surface area contributed by atoms with Crippen LogP contribution in [-0.4, -0.2) is 37.1 Å². The summed E-state index contributed by atoms with van der Waals surface area (Å²) in [6.07, 6.45) is 0. The molecule has 0 aromatic heterocycles. The number of rotatable bonds is 7. The molecular weight excluding hydrogens is 278 g/mol. The van der Waals surface area contributed by atoms with E-state index in [2.05, 4.69) is 10.1 Å². The maximum absolute atomic E-state index is 12.1. The zero-order valence-electron chi connectivity index (χ0n) is 12.8. The Morgan fingerprint density at radius 3 is 2.33 bits per heavy atom. The smallest absolute Gasteiger partial charge is 0.387 e. The minimum absolute atomic E-state index is 0.0157. The molecule has 1 N–H and O–H groups in total. The first-order chi connectivity index (χ1) is 9.85. The lowest BCUT2D eigenvalue weighted by Crippen LogP contribution is -2.43. The largest absolute Gasteiger partial charge is 0.435 e. The Morgan fingerprint density at radius 2 is 1.86 bits per heavy atom. The van der Waals surface area contributed by atoms with Gasteiger partial charge in [0.1, 0.15) is 5.75 Å². The van der Waals surface area contributed by atoms with Crippen molar-refractivity contribution in [3.63, 3.8) is 0 Å². The number of halogens is 2. The molecule has 1 amide bonds. The van der Waals surface area contributed by atoms with Gasteiger partial charge in [0, 0.05) is 19.6 Å². The summed E-state index contributed by atoms with van der Waals surface area (Å²) in [5.41, 5.74) is 0.899. The molecule has 0 aliphatic carbocycles. The van der Waals surface area contributed by atoms with Gasteiger partial charge in [-0.25, -0.2) is 0 Å². The lowest BCUT2D eigenvalue weighted by Gasteiger charge is -2.24. The van der Waals surface area contributed by atoms with Gasteiger partial charge in [0.2, 0.25) is 5.91 Å². The summed E-state index contributed by atoms with van der Waals surface area (Å²) in [5, 5.41) is 3.19. The van der Waals surface area contributed by atoms with Gasteiger partial charge in [-0.1, -0.05) is 12.1 Å². The summed E-state index contributed by atoms with van der Waals surface area (Å²) >= 11 is 0.